The molecule has 1 amide bonds. The summed E-state index contributed by atoms with van der Waals surface area (Å²) >= 11 is 0. The van der Waals surface area contributed by atoms with Crippen molar-refractivity contribution in [2.45, 2.75) is 27.2 Å². The highest BCUT2D eigenvalue weighted by molar-refractivity contribution is 5.91. The molecule has 2 rings (SSSR count). The molecule has 0 bridgehead atoms. The molecule has 0 unspecified atom stereocenters. The lowest BCUT2D eigenvalue weighted by Crippen LogP contribution is -2.27. The van der Waals surface area contributed by atoms with Gasteiger partial charge in [0, 0.05) is 30.9 Å². The minimum absolute atomic E-state index is 0.0568. The minimum atomic E-state index is 0.0568. The van der Waals surface area contributed by atoms with Crippen molar-refractivity contribution in [3.8, 4) is 0 Å². The highest BCUT2D eigenvalue weighted by atomic mass is 16.1. The van der Waals surface area contributed by atoms with Crippen LogP contribution in [0.15, 0.2) is 48.5 Å². The molecular weight excluding hydrogens is 272 g/mol. The van der Waals surface area contributed by atoms with E-state index in [0.29, 0.717) is 6.42 Å². The van der Waals surface area contributed by atoms with Crippen LogP contribution in [-0.4, -0.2) is 19.0 Å². The van der Waals surface area contributed by atoms with Crippen LogP contribution in [0.2, 0.25) is 0 Å². The van der Waals surface area contributed by atoms with Gasteiger partial charge in [-0.15, -0.1) is 0 Å². The van der Waals surface area contributed by atoms with Gasteiger partial charge in [0.1, 0.15) is 0 Å². The lowest BCUT2D eigenvalue weighted by Gasteiger charge is -2.22. The molecule has 0 heterocycles. The molecule has 3 nitrogen and oxygen atoms in total. The van der Waals surface area contributed by atoms with Crippen LogP contribution in [0.3, 0.4) is 0 Å². The first-order chi connectivity index (χ1) is 10.6. The molecule has 2 aromatic rings. The van der Waals surface area contributed by atoms with E-state index in [1.807, 2.05) is 37.3 Å². The molecule has 116 valence electrons. The normalized spacial score (nSPS) is 10.3. The number of nitrogens with zero attached hydrogens (tertiary/aromatic N) is 1. The van der Waals surface area contributed by atoms with Crippen LogP contribution < -0.4 is 10.2 Å². The van der Waals surface area contributed by atoms with E-state index in [1.165, 1.54) is 5.56 Å². The number of hydrogen-bond donors (Lipinski definition) is 1. The lowest BCUT2D eigenvalue weighted by atomic mass is 10.1. The molecule has 2 aromatic carbocycles. The van der Waals surface area contributed by atoms with Crippen LogP contribution in [0.4, 0.5) is 11.4 Å². The summed E-state index contributed by atoms with van der Waals surface area (Å²) in [5.41, 5.74) is 4.36. The second-order valence-corrected chi connectivity index (χ2v) is 5.53. The number of carbonyl (C=O) groups is 1. The van der Waals surface area contributed by atoms with E-state index in [4.69, 9.17) is 0 Å². The van der Waals surface area contributed by atoms with E-state index in [0.717, 1.165) is 30.0 Å². The van der Waals surface area contributed by atoms with E-state index in [1.54, 1.807) is 0 Å². The molecule has 0 atom stereocenters. The molecule has 0 aliphatic rings. The first-order valence-electron chi connectivity index (χ1n) is 7.77. The minimum Gasteiger partial charge on any atom is -0.371 e. The SMILES string of the molecule is CCN(CCC(=O)Nc1ccc(C)cc1C)c1ccccc1. The summed E-state index contributed by atoms with van der Waals surface area (Å²) in [6.07, 6.45) is 0.482. The van der Waals surface area contributed by atoms with Gasteiger partial charge in [0.15, 0.2) is 0 Å². The Labute approximate surface area is 133 Å². The summed E-state index contributed by atoms with van der Waals surface area (Å²) in [5, 5.41) is 3.00. The summed E-state index contributed by atoms with van der Waals surface area (Å²) in [4.78, 5) is 14.4. The molecule has 0 spiro atoms. The van der Waals surface area contributed by atoms with Crippen molar-refractivity contribution in [2.24, 2.45) is 0 Å². The first kappa shape index (κ1) is 16.1. The second kappa shape index (κ2) is 7.64. The number of hydrogen-bond acceptors (Lipinski definition) is 2. The molecule has 1 N–H and O–H groups in total. The zero-order valence-electron chi connectivity index (χ0n) is 13.6. The standard InChI is InChI=1S/C19H24N2O/c1-4-21(17-8-6-5-7-9-17)13-12-19(22)20-18-11-10-15(2)14-16(18)3/h5-11,14H,4,12-13H2,1-3H3,(H,20,22). The van der Waals surface area contributed by atoms with Gasteiger partial charge in [0.2, 0.25) is 5.91 Å². The summed E-state index contributed by atoms with van der Waals surface area (Å²) in [5.74, 6) is 0.0568. The molecule has 0 saturated heterocycles. The van der Waals surface area contributed by atoms with Crippen molar-refractivity contribution in [3.05, 3.63) is 59.7 Å². The molecule has 0 saturated carbocycles. The van der Waals surface area contributed by atoms with Crippen LogP contribution >= 0.6 is 0 Å². The van der Waals surface area contributed by atoms with Crippen LogP contribution in [-0.2, 0) is 4.79 Å². The molecule has 0 aliphatic carbocycles. The Kier molecular flexibility index (Phi) is 5.59. The van der Waals surface area contributed by atoms with Crippen LogP contribution in [0.5, 0.6) is 0 Å². The third-order valence-corrected chi connectivity index (χ3v) is 3.77. The van der Waals surface area contributed by atoms with Crippen molar-refractivity contribution in [3.63, 3.8) is 0 Å². The summed E-state index contributed by atoms with van der Waals surface area (Å²) in [6, 6.07) is 16.3. The highest BCUT2D eigenvalue weighted by Crippen LogP contribution is 2.17. The summed E-state index contributed by atoms with van der Waals surface area (Å²) in [6.45, 7) is 7.79. The Balaban J connectivity index is 1.92. The van der Waals surface area contributed by atoms with Crippen molar-refractivity contribution in [1.82, 2.24) is 0 Å². The molecular formula is C19H24N2O. The van der Waals surface area contributed by atoms with Crippen molar-refractivity contribution in [1.29, 1.82) is 0 Å². The van der Waals surface area contributed by atoms with Gasteiger partial charge in [-0.2, -0.15) is 0 Å². The average Bonchev–Trinajstić information content (AvgIpc) is 2.52. The molecule has 0 fully saturated rings. The number of amides is 1. The third kappa shape index (κ3) is 4.35. The predicted molar refractivity (Wildman–Crippen MR) is 93.5 cm³/mol. The predicted octanol–water partition coefficient (Wildman–Crippen LogP) is 4.16. The van der Waals surface area contributed by atoms with Gasteiger partial charge in [-0.25, -0.2) is 0 Å². The van der Waals surface area contributed by atoms with Gasteiger partial charge in [-0.1, -0.05) is 35.9 Å². The molecule has 3 heteroatoms. The second-order valence-electron chi connectivity index (χ2n) is 5.53. The molecule has 0 aliphatic heterocycles. The van der Waals surface area contributed by atoms with Crippen molar-refractivity contribution >= 4 is 17.3 Å². The van der Waals surface area contributed by atoms with Crippen molar-refractivity contribution in [2.75, 3.05) is 23.3 Å². The number of carbonyl (C=O) groups excluding carboxylic acids is 1. The Morgan fingerprint density at radius 2 is 1.82 bits per heavy atom. The van der Waals surface area contributed by atoms with E-state index in [2.05, 4.69) is 42.3 Å². The quantitative estimate of drug-likeness (QED) is 0.868. The fourth-order valence-electron chi connectivity index (χ4n) is 2.51. The number of benzene rings is 2. The lowest BCUT2D eigenvalue weighted by molar-refractivity contribution is -0.116. The van der Waals surface area contributed by atoms with Crippen LogP contribution in [0, 0.1) is 13.8 Å². The highest BCUT2D eigenvalue weighted by Gasteiger charge is 2.09. The average molecular weight is 296 g/mol. The topological polar surface area (TPSA) is 32.3 Å². The largest absolute Gasteiger partial charge is 0.371 e. The maximum Gasteiger partial charge on any atom is 0.226 e. The monoisotopic (exact) mass is 296 g/mol. The van der Waals surface area contributed by atoms with Gasteiger partial charge in [-0.3, -0.25) is 4.79 Å². The van der Waals surface area contributed by atoms with Crippen LogP contribution in [0.1, 0.15) is 24.5 Å². The van der Waals surface area contributed by atoms with Gasteiger partial charge in [-0.05, 0) is 44.5 Å². The Morgan fingerprint density at radius 1 is 1.09 bits per heavy atom. The molecule has 22 heavy (non-hydrogen) atoms. The van der Waals surface area contributed by atoms with E-state index in [-0.39, 0.29) is 5.91 Å². The molecule has 0 radical (unpaired) electrons. The van der Waals surface area contributed by atoms with Gasteiger partial charge < -0.3 is 10.2 Å². The Morgan fingerprint density at radius 3 is 2.45 bits per heavy atom. The first-order valence-corrected chi connectivity index (χ1v) is 7.77. The molecule has 0 aromatic heterocycles. The Bertz CT molecular complexity index is 623. The van der Waals surface area contributed by atoms with Crippen molar-refractivity contribution < 1.29 is 4.79 Å². The van der Waals surface area contributed by atoms with E-state index < -0.39 is 0 Å². The fraction of sp³-hybridized carbons (Fsp3) is 0.316. The van der Waals surface area contributed by atoms with Crippen LogP contribution in [0.25, 0.3) is 0 Å². The maximum atomic E-state index is 12.2. The number of anilines is 2. The fourth-order valence-corrected chi connectivity index (χ4v) is 2.51. The van der Waals surface area contributed by atoms with Gasteiger partial charge in [0.25, 0.3) is 0 Å². The third-order valence-electron chi connectivity index (χ3n) is 3.77. The number of nitrogens with one attached hydrogen (secondary N) is 1. The Hall–Kier alpha value is -2.29. The van der Waals surface area contributed by atoms with Gasteiger partial charge >= 0.3 is 0 Å². The number of para-hydroxylation sites is 1. The smallest absolute Gasteiger partial charge is 0.226 e. The number of rotatable bonds is 6. The summed E-state index contributed by atoms with van der Waals surface area (Å²) in [7, 11) is 0. The maximum absolute atomic E-state index is 12.2. The zero-order valence-corrected chi connectivity index (χ0v) is 13.6. The van der Waals surface area contributed by atoms with Gasteiger partial charge in [0.05, 0.1) is 0 Å². The van der Waals surface area contributed by atoms with E-state index in [9.17, 15) is 4.79 Å². The van der Waals surface area contributed by atoms with E-state index >= 15 is 0 Å². The zero-order chi connectivity index (χ0) is 15.9. The number of aryl methyl sites for hydroxylation is 2. The summed E-state index contributed by atoms with van der Waals surface area (Å²) < 4.78 is 0.